The van der Waals surface area contributed by atoms with Crippen molar-refractivity contribution >= 4 is 11.8 Å². The van der Waals surface area contributed by atoms with Gasteiger partial charge in [-0.05, 0) is 25.0 Å². The first-order valence-corrected chi connectivity index (χ1v) is 7.88. The highest BCUT2D eigenvalue weighted by atomic mass is 16.5. The smallest absolute Gasteiger partial charge is 0.233 e. The lowest BCUT2D eigenvalue weighted by atomic mass is 9.81. The molecule has 22 heavy (non-hydrogen) atoms. The molecule has 3 unspecified atom stereocenters. The highest BCUT2D eigenvalue weighted by Crippen LogP contribution is 2.37. The summed E-state index contributed by atoms with van der Waals surface area (Å²) in [6, 6.07) is 9.17. The van der Waals surface area contributed by atoms with Crippen LogP contribution in [0.2, 0.25) is 0 Å². The minimum absolute atomic E-state index is 0.0253. The zero-order valence-corrected chi connectivity index (χ0v) is 12.5. The molecule has 0 aromatic heterocycles. The highest BCUT2D eigenvalue weighted by Gasteiger charge is 2.48. The maximum atomic E-state index is 12.3. The fourth-order valence-electron chi connectivity index (χ4n) is 3.38. The van der Waals surface area contributed by atoms with Crippen molar-refractivity contribution in [3.8, 4) is 5.75 Å². The summed E-state index contributed by atoms with van der Waals surface area (Å²) in [6.45, 7) is 0.0912. The number of benzene rings is 1. The van der Waals surface area contributed by atoms with Crippen LogP contribution < -0.4 is 4.74 Å². The van der Waals surface area contributed by atoms with E-state index in [1.54, 1.807) is 12.1 Å². The van der Waals surface area contributed by atoms with Gasteiger partial charge in [0.25, 0.3) is 0 Å². The van der Waals surface area contributed by atoms with Crippen molar-refractivity contribution in [1.29, 1.82) is 0 Å². The molecule has 0 spiro atoms. The number of para-hydroxylation sites is 1. The Kier molecular flexibility index (Phi) is 4.43. The first-order valence-electron chi connectivity index (χ1n) is 7.88. The van der Waals surface area contributed by atoms with Crippen LogP contribution in [0.15, 0.2) is 30.3 Å². The topological polar surface area (TPSA) is 66.8 Å². The molecular weight excluding hydrogens is 282 g/mol. The van der Waals surface area contributed by atoms with Crippen LogP contribution in [0.4, 0.5) is 0 Å². The molecule has 1 saturated heterocycles. The van der Waals surface area contributed by atoms with Gasteiger partial charge >= 0.3 is 0 Å². The van der Waals surface area contributed by atoms with E-state index >= 15 is 0 Å². The van der Waals surface area contributed by atoms with Crippen LogP contribution in [0.25, 0.3) is 0 Å². The first kappa shape index (κ1) is 15.0. The number of likely N-dealkylation sites (tertiary alicyclic amines) is 1. The predicted octanol–water partition coefficient (Wildman–Crippen LogP) is 1.60. The number of hydrogen-bond donors (Lipinski definition) is 1. The minimum atomic E-state index is -0.867. The Morgan fingerprint density at radius 1 is 1.09 bits per heavy atom. The average molecular weight is 303 g/mol. The SMILES string of the molecule is O=C1C2CCCCC2C(=O)N1CC(O)COc1ccccc1. The molecule has 1 N–H and O–H groups in total. The maximum Gasteiger partial charge on any atom is 0.233 e. The number of hydrogen-bond acceptors (Lipinski definition) is 4. The molecule has 2 aliphatic rings. The number of imide groups is 1. The summed E-state index contributed by atoms with van der Waals surface area (Å²) < 4.78 is 5.47. The number of aliphatic hydroxyl groups is 1. The van der Waals surface area contributed by atoms with E-state index < -0.39 is 6.10 Å². The molecule has 3 rings (SSSR count). The van der Waals surface area contributed by atoms with Crippen LogP contribution in [0.5, 0.6) is 5.75 Å². The van der Waals surface area contributed by atoms with Crippen LogP contribution in [0, 0.1) is 11.8 Å². The number of amides is 2. The summed E-state index contributed by atoms with van der Waals surface area (Å²) in [7, 11) is 0. The first-order chi connectivity index (χ1) is 10.7. The van der Waals surface area contributed by atoms with Gasteiger partial charge in [-0.1, -0.05) is 31.0 Å². The number of aliphatic hydroxyl groups excluding tert-OH is 1. The largest absolute Gasteiger partial charge is 0.491 e. The third-order valence-corrected chi connectivity index (χ3v) is 4.51. The molecule has 1 aliphatic heterocycles. The molecule has 5 nitrogen and oxygen atoms in total. The average Bonchev–Trinajstić information content (AvgIpc) is 2.79. The normalized spacial score (nSPS) is 26.0. The summed E-state index contributed by atoms with van der Waals surface area (Å²) in [5.74, 6) is 0.100. The van der Waals surface area contributed by atoms with Gasteiger partial charge in [0.2, 0.25) is 11.8 Å². The predicted molar refractivity (Wildman–Crippen MR) is 80.1 cm³/mol. The molecule has 0 bridgehead atoms. The lowest BCUT2D eigenvalue weighted by Crippen LogP contribution is -2.40. The van der Waals surface area contributed by atoms with E-state index in [9.17, 15) is 14.7 Å². The number of β-amino-alcohol motifs (C(OH)–C–C–N with tert-alkyl or cyclic N) is 1. The lowest BCUT2D eigenvalue weighted by molar-refractivity contribution is -0.141. The van der Waals surface area contributed by atoms with E-state index in [0.717, 1.165) is 25.7 Å². The second-order valence-electron chi connectivity index (χ2n) is 6.06. The molecule has 1 heterocycles. The number of ether oxygens (including phenoxy) is 1. The van der Waals surface area contributed by atoms with Crippen LogP contribution in [-0.2, 0) is 9.59 Å². The molecule has 1 aliphatic carbocycles. The summed E-state index contributed by atoms with van der Waals surface area (Å²) >= 11 is 0. The molecule has 3 atom stereocenters. The monoisotopic (exact) mass is 303 g/mol. The van der Waals surface area contributed by atoms with Gasteiger partial charge in [-0.2, -0.15) is 0 Å². The third kappa shape index (κ3) is 2.99. The van der Waals surface area contributed by atoms with E-state index in [0.29, 0.717) is 5.75 Å². The minimum Gasteiger partial charge on any atom is -0.491 e. The number of fused-ring (bicyclic) bond motifs is 1. The zero-order valence-electron chi connectivity index (χ0n) is 12.5. The molecule has 118 valence electrons. The van der Waals surface area contributed by atoms with Crippen LogP contribution >= 0.6 is 0 Å². The Morgan fingerprint density at radius 2 is 1.68 bits per heavy atom. The van der Waals surface area contributed by atoms with Crippen molar-refractivity contribution in [2.45, 2.75) is 31.8 Å². The van der Waals surface area contributed by atoms with E-state index in [4.69, 9.17) is 4.74 Å². The summed E-state index contributed by atoms with van der Waals surface area (Å²) in [5.41, 5.74) is 0. The van der Waals surface area contributed by atoms with Crippen molar-refractivity contribution in [2.75, 3.05) is 13.2 Å². The highest BCUT2D eigenvalue weighted by molar-refractivity contribution is 6.05. The molecule has 0 radical (unpaired) electrons. The summed E-state index contributed by atoms with van der Waals surface area (Å²) in [4.78, 5) is 25.9. The molecule has 1 aromatic carbocycles. The van der Waals surface area contributed by atoms with Crippen molar-refractivity contribution in [2.24, 2.45) is 11.8 Å². The van der Waals surface area contributed by atoms with Gasteiger partial charge in [0, 0.05) is 0 Å². The van der Waals surface area contributed by atoms with Gasteiger partial charge in [0.1, 0.15) is 18.5 Å². The van der Waals surface area contributed by atoms with Gasteiger partial charge in [-0.15, -0.1) is 0 Å². The van der Waals surface area contributed by atoms with E-state index in [-0.39, 0.29) is 36.8 Å². The maximum absolute atomic E-state index is 12.3. The Balaban J connectivity index is 1.56. The third-order valence-electron chi connectivity index (χ3n) is 4.51. The number of rotatable bonds is 5. The van der Waals surface area contributed by atoms with Gasteiger partial charge in [-0.3, -0.25) is 14.5 Å². The number of carbonyl (C=O) groups is 2. The van der Waals surface area contributed by atoms with Crippen LogP contribution in [-0.4, -0.2) is 41.1 Å². The van der Waals surface area contributed by atoms with E-state index in [1.165, 1.54) is 4.90 Å². The Bertz CT molecular complexity index is 521. The molecule has 1 saturated carbocycles. The second kappa shape index (κ2) is 6.48. The van der Waals surface area contributed by atoms with Gasteiger partial charge in [0.05, 0.1) is 18.4 Å². The van der Waals surface area contributed by atoms with Crippen LogP contribution in [0.3, 0.4) is 0 Å². The number of carbonyl (C=O) groups excluding carboxylic acids is 2. The van der Waals surface area contributed by atoms with Gasteiger partial charge in [0.15, 0.2) is 0 Å². The lowest BCUT2D eigenvalue weighted by Gasteiger charge is -2.19. The Morgan fingerprint density at radius 3 is 2.27 bits per heavy atom. The fraction of sp³-hybridized carbons (Fsp3) is 0.529. The van der Waals surface area contributed by atoms with Gasteiger partial charge < -0.3 is 9.84 Å². The summed E-state index contributed by atoms with van der Waals surface area (Å²) in [6.07, 6.45) is 2.74. The van der Waals surface area contributed by atoms with Gasteiger partial charge in [-0.25, -0.2) is 0 Å². The molecule has 5 heteroatoms. The molecule has 1 aromatic rings. The van der Waals surface area contributed by atoms with Crippen molar-refractivity contribution < 1.29 is 19.4 Å². The van der Waals surface area contributed by atoms with Crippen molar-refractivity contribution in [1.82, 2.24) is 4.90 Å². The zero-order chi connectivity index (χ0) is 15.5. The van der Waals surface area contributed by atoms with Crippen molar-refractivity contribution in [3.63, 3.8) is 0 Å². The number of nitrogens with zero attached hydrogens (tertiary/aromatic N) is 1. The Labute approximate surface area is 129 Å². The van der Waals surface area contributed by atoms with E-state index in [2.05, 4.69) is 0 Å². The summed E-state index contributed by atoms with van der Waals surface area (Å²) in [5, 5.41) is 10.1. The van der Waals surface area contributed by atoms with Crippen LogP contribution in [0.1, 0.15) is 25.7 Å². The van der Waals surface area contributed by atoms with Crippen molar-refractivity contribution in [3.05, 3.63) is 30.3 Å². The standard InChI is InChI=1S/C17H21NO4/c19-12(11-22-13-6-2-1-3-7-13)10-18-16(20)14-8-4-5-9-15(14)17(18)21/h1-3,6-7,12,14-15,19H,4-5,8-11H2. The fourth-order valence-corrected chi connectivity index (χ4v) is 3.38. The molecular formula is C17H21NO4. The molecule has 2 fully saturated rings. The molecule has 2 amide bonds. The Hall–Kier alpha value is -1.88. The second-order valence-corrected chi connectivity index (χ2v) is 6.06. The van der Waals surface area contributed by atoms with E-state index in [1.807, 2.05) is 18.2 Å². The quantitative estimate of drug-likeness (QED) is 0.839.